The van der Waals surface area contributed by atoms with Gasteiger partial charge in [-0.15, -0.1) is 20.4 Å². The summed E-state index contributed by atoms with van der Waals surface area (Å²) in [7, 11) is 1.95. The van der Waals surface area contributed by atoms with Crippen molar-refractivity contribution in [3.63, 3.8) is 0 Å². The third-order valence-corrected chi connectivity index (χ3v) is 2.84. The Kier molecular flexibility index (Phi) is 3.06. The molecule has 6 nitrogen and oxygen atoms in total. The minimum atomic E-state index is 0.528. The third kappa shape index (κ3) is 2.52. The van der Waals surface area contributed by atoms with Crippen LogP contribution in [-0.4, -0.2) is 26.6 Å². The van der Waals surface area contributed by atoms with Crippen molar-refractivity contribution in [2.24, 2.45) is 12.0 Å². The van der Waals surface area contributed by atoms with Gasteiger partial charge in [-0.25, -0.2) is 4.57 Å². The Morgan fingerprint density at radius 3 is 2.58 bits per heavy atom. The van der Waals surface area contributed by atoms with Crippen LogP contribution in [0.3, 0.4) is 0 Å². The van der Waals surface area contributed by atoms with Crippen LogP contribution in [-0.2, 0) is 7.05 Å². The van der Waals surface area contributed by atoms with E-state index in [2.05, 4.69) is 25.4 Å². The molecule has 1 aliphatic heterocycles. The molecule has 0 bridgehead atoms. The summed E-state index contributed by atoms with van der Waals surface area (Å²) in [5.74, 6) is 1.08. The lowest BCUT2D eigenvalue weighted by atomic mass is 10.1. The number of allylic oxidation sites excluding steroid dienone is 1. The maximum atomic E-state index is 4.14. The predicted octanol–water partition coefficient (Wildman–Crippen LogP) is 0.964. The summed E-state index contributed by atoms with van der Waals surface area (Å²) in [6.07, 6.45) is 9.32. The molecule has 0 aromatic carbocycles. The normalized spacial score (nSPS) is 14.3. The Labute approximate surface area is 110 Å². The zero-order chi connectivity index (χ0) is 13.1. The zero-order valence-corrected chi connectivity index (χ0v) is 10.6. The van der Waals surface area contributed by atoms with Gasteiger partial charge in [0, 0.05) is 24.1 Å². The molecule has 1 aliphatic rings. The Balaban J connectivity index is 1.90. The summed E-state index contributed by atoms with van der Waals surface area (Å²) in [5, 5.41) is 16.5. The molecular formula is C13H13N6+. The predicted molar refractivity (Wildman–Crippen MR) is 69.9 cm³/mol. The number of nitrogens with zero attached hydrogens (tertiary/aromatic N) is 6. The molecule has 0 saturated carbocycles. The lowest BCUT2D eigenvalue weighted by Crippen LogP contribution is -2.26. The number of pyridine rings is 1. The van der Waals surface area contributed by atoms with E-state index in [1.807, 2.05) is 42.4 Å². The van der Waals surface area contributed by atoms with E-state index in [-0.39, 0.29) is 0 Å². The van der Waals surface area contributed by atoms with Crippen LogP contribution >= 0.6 is 0 Å². The largest absolute Gasteiger partial charge is 0.269 e. The summed E-state index contributed by atoms with van der Waals surface area (Å²) >= 11 is 0. The number of aliphatic imine (C=N–C) groups is 1. The molecule has 0 radical (unpaired) electrons. The van der Waals surface area contributed by atoms with Gasteiger partial charge in [0.2, 0.25) is 11.6 Å². The fraction of sp³-hybridized carbons (Fsp3) is 0.231. The SMILES string of the molecule is C[n+]1cccc(-c2nnc(C3=CN=CCC3)nn2)c1. The lowest BCUT2D eigenvalue weighted by molar-refractivity contribution is -0.671. The highest BCUT2D eigenvalue weighted by molar-refractivity contribution is 5.70. The van der Waals surface area contributed by atoms with Crippen molar-refractivity contribution >= 4 is 11.8 Å². The van der Waals surface area contributed by atoms with Crippen LogP contribution in [0.15, 0.2) is 35.7 Å². The molecule has 0 atom stereocenters. The fourth-order valence-electron chi connectivity index (χ4n) is 1.86. The number of hydrogen-bond donors (Lipinski definition) is 0. The van der Waals surface area contributed by atoms with E-state index < -0.39 is 0 Å². The lowest BCUT2D eigenvalue weighted by Gasteiger charge is -2.05. The molecule has 3 heterocycles. The molecule has 0 amide bonds. The Morgan fingerprint density at radius 1 is 1.11 bits per heavy atom. The van der Waals surface area contributed by atoms with E-state index in [4.69, 9.17) is 0 Å². The van der Waals surface area contributed by atoms with Gasteiger partial charge in [-0.05, 0) is 18.9 Å². The smallest absolute Gasteiger partial charge is 0.209 e. The summed E-state index contributed by atoms with van der Waals surface area (Å²) < 4.78 is 1.94. The molecule has 94 valence electrons. The van der Waals surface area contributed by atoms with E-state index in [9.17, 15) is 0 Å². The van der Waals surface area contributed by atoms with E-state index in [0.29, 0.717) is 11.6 Å². The van der Waals surface area contributed by atoms with Crippen molar-refractivity contribution in [2.75, 3.05) is 0 Å². The van der Waals surface area contributed by atoms with Crippen LogP contribution in [0.1, 0.15) is 18.7 Å². The Bertz CT molecular complexity index is 644. The van der Waals surface area contributed by atoms with Crippen LogP contribution in [0.25, 0.3) is 17.0 Å². The van der Waals surface area contributed by atoms with Gasteiger partial charge in [-0.2, -0.15) is 0 Å². The number of hydrogen-bond acceptors (Lipinski definition) is 5. The summed E-state index contributed by atoms with van der Waals surface area (Å²) in [5.41, 5.74) is 1.87. The number of aromatic nitrogens is 5. The second-order valence-corrected chi connectivity index (χ2v) is 4.33. The van der Waals surface area contributed by atoms with Gasteiger partial charge in [0.25, 0.3) is 0 Å². The second kappa shape index (κ2) is 5.01. The minimum Gasteiger partial charge on any atom is -0.269 e. The van der Waals surface area contributed by atoms with Gasteiger partial charge in [0.1, 0.15) is 7.05 Å². The molecule has 0 N–H and O–H groups in total. The van der Waals surface area contributed by atoms with Crippen LogP contribution in [0.2, 0.25) is 0 Å². The fourth-order valence-corrected chi connectivity index (χ4v) is 1.86. The van der Waals surface area contributed by atoms with Crippen molar-refractivity contribution in [3.05, 3.63) is 36.6 Å². The molecule has 3 rings (SSSR count). The van der Waals surface area contributed by atoms with Gasteiger partial charge in [0.05, 0.1) is 5.56 Å². The molecule has 0 spiro atoms. The third-order valence-electron chi connectivity index (χ3n) is 2.84. The van der Waals surface area contributed by atoms with E-state index in [1.165, 1.54) is 0 Å². The molecule has 0 aliphatic carbocycles. The van der Waals surface area contributed by atoms with Gasteiger partial charge >= 0.3 is 0 Å². The average Bonchev–Trinajstić information content (AvgIpc) is 2.48. The molecule has 2 aromatic rings. The van der Waals surface area contributed by atoms with Gasteiger partial charge in [-0.1, -0.05) is 0 Å². The Morgan fingerprint density at radius 2 is 1.89 bits per heavy atom. The molecule has 19 heavy (non-hydrogen) atoms. The Hall–Kier alpha value is -2.50. The summed E-state index contributed by atoms with van der Waals surface area (Å²) in [4.78, 5) is 4.10. The average molecular weight is 253 g/mol. The summed E-state index contributed by atoms with van der Waals surface area (Å²) in [6.45, 7) is 0. The highest BCUT2D eigenvalue weighted by Gasteiger charge is 2.11. The topological polar surface area (TPSA) is 67.8 Å². The molecular weight excluding hydrogens is 240 g/mol. The first-order valence-corrected chi connectivity index (χ1v) is 6.07. The quantitative estimate of drug-likeness (QED) is 0.748. The standard InChI is InChI=1S/C13H13N6/c1-19-7-3-5-11(9-19)13-17-15-12(16-18-13)10-4-2-6-14-8-10/h3,5-9H,2,4H2,1H3/q+1. The molecule has 0 saturated heterocycles. The molecule has 2 aromatic heterocycles. The highest BCUT2D eigenvalue weighted by Crippen LogP contribution is 2.18. The van der Waals surface area contributed by atoms with Crippen LogP contribution in [0.5, 0.6) is 0 Å². The van der Waals surface area contributed by atoms with Gasteiger partial charge in [-0.3, -0.25) is 4.99 Å². The first kappa shape index (κ1) is 11.6. The van der Waals surface area contributed by atoms with Gasteiger partial charge in [0.15, 0.2) is 12.4 Å². The second-order valence-electron chi connectivity index (χ2n) is 4.33. The van der Waals surface area contributed by atoms with E-state index >= 15 is 0 Å². The zero-order valence-electron chi connectivity index (χ0n) is 10.6. The number of rotatable bonds is 2. The van der Waals surface area contributed by atoms with Gasteiger partial charge < -0.3 is 0 Å². The van der Waals surface area contributed by atoms with Crippen LogP contribution < -0.4 is 4.57 Å². The maximum Gasteiger partial charge on any atom is 0.209 e. The van der Waals surface area contributed by atoms with Crippen molar-refractivity contribution in [1.82, 2.24) is 20.4 Å². The first-order valence-electron chi connectivity index (χ1n) is 6.07. The molecule has 6 heteroatoms. The van der Waals surface area contributed by atoms with Crippen molar-refractivity contribution in [3.8, 4) is 11.4 Å². The van der Waals surface area contributed by atoms with Crippen molar-refractivity contribution in [2.45, 2.75) is 12.8 Å². The van der Waals surface area contributed by atoms with Crippen LogP contribution in [0.4, 0.5) is 0 Å². The van der Waals surface area contributed by atoms with E-state index in [0.717, 1.165) is 24.0 Å². The maximum absolute atomic E-state index is 4.14. The van der Waals surface area contributed by atoms with Crippen LogP contribution in [0, 0.1) is 0 Å². The van der Waals surface area contributed by atoms with Crippen molar-refractivity contribution < 1.29 is 4.57 Å². The van der Waals surface area contributed by atoms with Crippen molar-refractivity contribution in [1.29, 1.82) is 0 Å². The number of aryl methyl sites for hydroxylation is 1. The highest BCUT2D eigenvalue weighted by atomic mass is 15.3. The monoisotopic (exact) mass is 253 g/mol. The minimum absolute atomic E-state index is 0.528. The first-order chi connectivity index (χ1) is 9.33. The summed E-state index contributed by atoms with van der Waals surface area (Å²) in [6, 6.07) is 3.87. The molecule has 0 unspecified atom stereocenters. The van der Waals surface area contributed by atoms with E-state index in [1.54, 1.807) is 6.20 Å². The molecule has 0 fully saturated rings.